The quantitative estimate of drug-likeness (QED) is 0.365. The van der Waals surface area contributed by atoms with E-state index >= 15 is 0 Å². The van der Waals surface area contributed by atoms with Crippen LogP contribution in [0.1, 0.15) is 15.9 Å². The molecule has 9 nitrogen and oxygen atoms in total. The van der Waals surface area contributed by atoms with Crippen LogP contribution in [-0.4, -0.2) is 23.4 Å². The van der Waals surface area contributed by atoms with Crippen LogP contribution < -0.4 is 11.1 Å². The van der Waals surface area contributed by atoms with Gasteiger partial charge in [0.1, 0.15) is 0 Å². The standard InChI is InChI=1S/C16H12N4O5/c17-8-10-2-1-3-11(6-10)19-15(21)9-25-16(22)13-5-4-12(20(23)24)7-14(13)18/h1-7H,9,18H2,(H,19,21). The topological polar surface area (TPSA) is 148 Å². The molecule has 0 aliphatic rings. The summed E-state index contributed by atoms with van der Waals surface area (Å²) in [4.78, 5) is 33.7. The van der Waals surface area contributed by atoms with Crippen LogP contribution in [0.4, 0.5) is 17.1 Å². The average Bonchev–Trinajstić information content (AvgIpc) is 2.59. The molecule has 126 valence electrons. The Labute approximate surface area is 141 Å². The maximum Gasteiger partial charge on any atom is 0.340 e. The van der Waals surface area contributed by atoms with Crippen molar-refractivity contribution in [3.05, 3.63) is 63.7 Å². The second kappa shape index (κ2) is 7.56. The smallest absolute Gasteiger partial charge is 0.340 e. The fourth-order valence-corrected chi connectivity index (χ4v) is 1.92. The molecule has 0 atom stereocenters. The van der Waals surface area contributed by atoms with Crippen molar-refractivity contribution in [2.24, 2.45) is 0 Å². The first-order chi connectivity index (χ1) is 11.9. The fraction of sp³-hybridized carbons (Fsp3) is 0.0625. The largest absolute Gasteiger partial charge is 0.452 e. The number of hydrogen-bond acceptors (Lipinski definition) is 7. The van der Waals surface area contributed by atoms with Crippen LogP contribution in [0, 0.1) is 21.4 Å². The van der Waals surface area contributed by atoms with E-state index in [1.165, 1.54) is 6.07 Å². The van der Waals surface area contributed by atoms with Gasteiger partial charge in [0.25, 0.3) is 11.6 Å². The molecule has 0 aliphatic heterocycles. The Morgan fingerprint density at radius 1 is 1.28 bits per heavy atom. The molecule has 25 heavy (non-hydrogen) atoms. The van der Waals surface area contributed by atoms with Gasteiger partial charge < -0.3 is 15.8 Å². The van der Waals surface area contributed by atoms with E-state index in [2.05, 4.69) is 5.32 Å². The SMILES string of the molecule is N#Cc1cccc(NC(=O)COC(=O)c2ccc([N+](=O)[O-])cc2N)c1. The molecule has 9 heteroatoms. The first-order valence-corrected chi connectivity index (χ1v) is 6.92. The lowest BCUT2D eigenvalue weighted by Crippen LogP contribution is -2.21. The lowest BCUT2D eigenvalue weighted by molar-refractivity contribution is -0.384. The molecule has 3 N–H and O–H groups in total. The van der Waals surface area contributed by atoms with Crippen LogP contribution >= 0.6 is 0 Å². The first-order valence-electron chi connectivity index (χ1n) is 6.92. The number of nitrogens with two attached hydrogens (primary N) is 1. The molecule has 0 spiro atoms. The van der Waals surface area contributed by atoms with E-state index in [9.17, 15) is 19.7 Å². The van der Waals surface area contributed by atoms with Crippen molar-refractivity contribution in [1.82, 2.24) is 0 Å². The molecule has 0 unspecified atom stereocenters. The van der Waals surface area contributed by atoms with E-state index in [1.54, 1.807) is 18.2 Å². The molecule has 0 saturated heterocycles. The number of hydrogen-bond donors (Lipinski definition) is 2. The summed E-state index contributed by atoms with van der Waals surface area (Å²) in [6.07, 6.45) is 0. The normalized spacial score (nSPS) is 9.72. The molecule has 0 fully saturated rings. The molecular weight excluding hydrogens is 328 g/mol. The second-order valence-corrected chi connectivity index (χ2v) is 4.85. The number of ether oxygens (including phenoxy) is 1. The van der Waals surface area contributed by atoms with Gasteiger partial charge in [-0.05, 0) is 24.3 Å². The molecule has 2 aromatic carbocycles. The number of anilines is 2. The third-order valence-corrected chi connectivity index (χ3v) is 3.08. The van der Waals surface area contributed by atoms with Gasteiger partial charge in [0, 0.05) is 17.8 Å². The molecule has 2 rings (SSSR count). The maximum atomic E-state index is 11.9. The molecule has 2 aromatic rings. The highest BCUT2D eigenvalue weighted by Gasteiger charge is 2.16. The van der Waals surface area contributed by atoms with Gasteiger partial charge in [0.2, 0.25) is 0 Å². The molecule has 0 bridgehead atoms. The average molecular weight is 340 g/mol. The van der Waals surface area contributed by atoms with Crippen LogP contribution in [0.25, 0.3) is 0 Å². The van der Waals surface area contributed by atoms with Crippen molar-refractivity contribution in [2.75, 3.05) is 17.7 Å². The number of nitrogens with zero attached hydrogens (tertiary/aromatic N) is 2. The predicted octanol–water partition coefficient (Wildman–Crippen LogP) is 1.84. The van der Waals surface area contributed by atoms with Gasteiger partial charge in [-0.15, -0.1) is 0 Å². The number of nitro benzene ring substituents is 1. The Balaban J connectivity index is 1.96. The molecule has 0 aliphatic carbocycles. The van der Waals surface area contributed by atoms with E-state index in [0.29, 0.717) is 11.3 Å². The fourth-order valence-electron chi connectivity index (χ4n) is 1.92. The minimum absolute atomic E-state index is 0.0788. The molecule has 0 heterocycles. The second-order valence-electron chi connectivity index (χ2n) is 4.85. The molecule has 0 aromatic heterocycles. The van der Waals surface area contributed by atoms with Crippen molar-refractivity contribution in [2.45, 2.75) is 0 Å². The van der Waals surface area contributed by atoms with Gasteiger partial charge in [0.05, 0.1) is 27.8 Å². The molecule has 1 amide bonds. The third kappa shape index (κ3) is 4.52. The van der Waals surface area contributed by atoms with Crippen molar-refractivity contribution in [3.63, 3.8) is 0 Å². The Morgan fingerprint density at radius 2 is 2.04 bits per heavy atom. The number of nitro groups is 1. The van der Waals surface area contributed by atoms with E-state index < -0.39 is 23.4 Å². The summed E-state index contributed by atoms with van der Waals surface area (Å²) in [6, 6.07) is 11.4. The highest BCUT2D eigenvalue weighted by molar-refractivity contribution is 5.98. The van der Waals surface area contributed by atoms with Crippen molar-refractivity contribution >= 4 is 28.9 Å². The highest BCUT2D eigenvalue weighted by Crippen LogP contribution is 2.20. The number of non-ortho nitro benzene ring substituents is 1. The van der Waals surface area contributed by atoms with Gasteiger partial charge in [-0.25, -0.2) is 4.79 Å². The third-order valence-electron chi connectivity index (χ3n) is 3.08. The Hall–Kier alpha value is -3.93. The summed E-state index contributed by atoms with van der Waals surface area (Å²) in [5, 5.41) is 21.9. The number of amides is 1. The maximum absolute atomic E-state index is 11.9. The number of rotatable bonds is 5. The van der Waals surface area contributed by atoms with Crippen LogP contribution in [-0.2, 0) is 9.53 Å². The summed E-state index contributed by atoms with van der Waals surface area (Å²) < 4.78 is 4.83. The number of nitrogens with one attached hydrogen (secondary N) is 1. The Morgan fingerprint density at radius 3 is 2.68 bits per heavy atom. The van der Waals surface area contributed by atoms with Crippen molar-refractivity contribution < 1.29 is 19.2 Å². The predicted molar refractivity (Wildman–Crippen MR) is 87.6 cm³/mol. The van der Waals surface area contributed by atoms with Crippen molar-refractivity contribution in [3.8, 4) is 6.07 Å². The van der Waals surface area contributed by atoms with E-state index in [1.807, 2.05) is 6.07 Å². The Kier molecular flexibility index (Phi) is 5.27. The number of nitriles is 1. The number of nitrogen functional groups attached to an aromatic ring is 1. The van der Waals surface area contributed by atoms with Crippen molar-refractivity contribution in [1.29, 1.82) is 5.26 Å². The number of carbonyl (C=O) groups is 2. The van der Waals surface area contributed by atoms with Gasteiger partial charge >= 0.3 is 5.97 Å². The summed E-state index contributed by atoms with van der Waals surface area (Å²) in [7, 11) is 0. The molecular formula is C16H12N4O5. The van der Waals surface area contributed by atoms with Crippen LogP contribution in [0.2, 0.25) is 0 Å². The van der Waals surface area contributed by atoms with E-state index in [0.717, 1.165) is 18.2 Å². The number of benzene rings is 2. The zero-order chi connectivity index (χ0) is 18.4. The van der Waals surface area contributed by atoms with Gasteiger partial charge in [-0.1, -0.05) is 6.07 Å². The monoisotopic (exact) mass is 340 g/mol. The molecule has 0 radical (unpaired) electrons. The van der Waals surface area contributed by atoms with Crippen LogP contribution in [0.15, 0.2) is 42.5 Å². The summed E-state index contributed by atoms with van der Waals surface area (Å²) >= 11 is 0. The zero-order valence-electron chi connectivity index (χ0n) is 12.8. The first kappa shape index (κ1) is 17.4. The zero-order valence-corrected chi connectivity index (χ0v) is 12.8. The minimum atomic E-state index is -0.881. The summed E-state index contributed by atoms with van der Waals surface area (Å²) in [6.45, 7) is -0.577. The lowest BCUT2D eigenvalue weighted by atomic mass is 10.1. The van der Waals surface area contributed by atoms with E-state index in [4.69, 9.17) is 15.7 Å². The van der Waals surface area contributed by atoms with Crippen LogP contribution in [0.5, 0.6) is 0 Å². The highest BCUT2D eigenvalue weighted by atomic mass is 16.6. The Bertz CT molecular complexity index is 888. The van der Waals surface area contributed by atoms with Gasteiger partial charge in [-0.2, -0.15) is 5.26 Å². The molecule has 0 saturated carbocycles. The van der Waals surface area contributed by atoms with Gasteiger partial charge in [-0.3, -0.25) is 14.9 Å². The van der Waals surface area contributed by atoms with Crippen LogP contribution in [0.3, 0.4) is 0 Å². The summed E-state index contributed by atoms with van der Waals surface area (Å²) in [5.74, 6) is -1.49. The van der Waals surface area contributed by atoms with Gasteiger partial charge in [0.15, 0.2) is 6.61 Å². The lowest BCUT2D eigenvalue weighted by Gasteiger charge is -2.08. The van der Waals surface area contributed by atoms with E-state index in [-0.39, 0.29) is 16.9 Å². The minimum Gasteiger partial charge on any atom is -0.452 e. The summed E-state index contributed by atoms with van der Waals surface area (Å²) in [5.41, 5.74) is 5.88. The number of esters is 1. The number of carbonyl (C=O) groups excluding carboxylic acids is 2.